The van der Waals surface area contributed by atoms with Crippen LogP contribution in [0, 0.1) is 13.8 Å². The molecule has 0 fully saturated rings. The summed E-state index contributed by atoms with van der Waals surface area (Å²) in [6.45, 7) is 4.01. The average molecular weight is 266 g/mol. The van der Waals surface area contributed by atoms with Crippen molar-refractivity contribution in [2.24, 2.45) is 0 Å². The van der Waals surface area contributed by atoms with Gasteiger partial charge in [-0.2, -0.15) is 0 Å². The molecular weight excluding hydrogens is 252 g/mol. The summed E-state index contributed by atoms with van der Waals surface area (Å²) >= 11 is 0. The standard InChI is InChI=1S/C15H14N4O/c1-9-3-4-11(5-10(9)2)15(20)19-12-6-13-14(16-7-12)18-8-17-13/h3-8H,1-2H3,(H,19,20)(H,16,17,18). The number of carbonyl (C=O) groups excluding carboxylic acids is 1. The maximum atomic E-state index is 12.2. The van der Waals surface area contributed by atoms with E-state index in [0.717, 1.165) is 11.1 Å². The van der Waals surface area contributed by atoms with Crippen molar-refractivity contribution in [3.8, 4) is 0 Å². The lowest BCUT2D eigenvalue weighted by atomic mass is 10.1. The summed E-state index contributed by atoms with van der Waals surface area (Å²) in [7, 11) is 0. The number of nitrogens with zero attached hydrogens (tertiary/aromatic N) is 2. The van der Waals surface area contributed by atoms with Gasteiger partial charge in [0.2, 0.25) is 0 Å². The van der Waals surface area contributed by atoms with Crippen molar-refractivity contribution in [3.63, 3.8) is 0 Å². The van der Waals surface area contributed by atoms with E-state index in [1.54, 1.807) is 12.5 Å². The number of carbonyl (C=O) groups is 1. The first kappa shape index (κ1) is 12.3. The molecule has 0 radical (unpaired) electrons. The molecule has 0 atom stereocenters. The number of H-pyrrole nitrogens is 1. The zero-order valence-corrected chi connectivity index (χ0v) is 11.3. The van der Waals surface area contributed by atoms with E-state index < -0.39 is 0 Å². The number of hydrogen-bond donors (Lipinski definition) is 2. The third-order valence-electron chi connectivity index (χ3n) is 3.30. The van der Waals surface area contributed by atoms with Crippen molar-refractivity contribution in [1.82, 2.24) is 15.0 Å². The van der Waals surface area contributed by atoms with Gasteiger partial charge in [-0.05, 0) is 43.2 Å². The number of fused-ring (bicyclic) bond motifs is 1. The molecule has 5 nitrogen and oxygen atoms in total. The number of aryl methyl sites for hydroxylation is 2. The second-order valence-electron chi connectivity index (χ2n) is 4.75. The summed E-state index contributed by atoms with van der Waals surface area (Å²) in [5.41, 5.74) is 4.97. The van der Waals surface area contributed by atoms with E-state index in [4.69, 9.17) is 0 Å². The Labute approximate surface area is 116 Å². The number of rotatable bonds is 2. The number of aromatic amines is 1. The Morgan fingerprint density at radius 3 is 2.80 bits per heavy atom. The van der Waals surface area contributed by atoms with Crippen molar-refractivity contribution in [1.29, 1.82) is 0 Å². The number of pyridine rings is 1. The second-order valence-corrected chi connectivity index (χ2v) is 4.75. The van der Waals surface area contributed by atoms with Gasteiger partial charge in [0.05, 0.1) is 23.7 Å². The highest BCUT2D eigenvalue weighted by molar-refractivity contribution is 6.04. The zero-order valence-electron chi connectivity index (χ0n) is 11.3. The van der Waals surface area contributed by atoms with Crippen LogP contribution in [0.25, 0.3) is 11.2 Å². The van der Waals surface area contributed by atoms with Crippen LogP contribution in [0.3, 0.4) is 0 Å². The molecule has 3 rings (SSSR count). The summed E-state index contributed by atoms with van der Waals surface area (Å²) in [6, 6.07) is 7.46. The molecule has 0 aliphatic rings. The van der Waals surface area contributed by atoms with Gasteiger partial charge in [-0.15, -0.1) is 0 Å². The normalized spacial score (nSPS) is 10.7. The minimum Gasteiger partial charge on any atom is -0.343 e. The summed E-state index contributed by atoms with van der Waals surface area (Å²) in [5, 5.41) is 2.84. The fourth-order valence-corrected chi connectivity index (χ4v) is 1.98. The van der Waals surface area contributed by atoms with Gasteiger partial charge in [-0.3, -0.25) is 4.79 Å². The van der Waals surface area contributed by atoms with Crippen LogP contribution in [-0.2, 0) is 0 Å². The van der Waals surface area contributed by atoms with Crippen LogP contribution in [0.15, 0.2) is 36.8 Å². The summed E-state index contributed by atoms with van der Waals surface area (Å²) in [5.74, 6) is -0.145. The second kappa shape index (κ2) is 4.77. The van der Waals surface area contributed by atoms with Crippen molar-refractivity contribution < 1.29 is 4.79 Å². The molecule has 3 aromatic rings. The van der Waals surface area contributed by atoms with Crippen LogP contribution in [0.5, 0.6) is 0 Å². The zero-order chi connectivity index (χ0) is 14.1. The van der Waals surface area contributed by atoms with Gasteiger partial charge >= 0.3 is 0 Å². The molecule has 20 heavy (non-hydrogen) atoms. The molecule has 0 unspecified atom stereocenters. The molecule has 0 spiro atoms. The lowest BCUT2D eigenvalue weighted by Crippen LogP contribution is -2.12. The third kappa shape index (κ3) is 2.25. The van der Waals surface area contributed by atoms with Gasteiger partial charge in [0.25, 0.3) is 5.91 Å². The Morgan fingerprint density at radius 1 is 1.15 bits per heavy atom. The number of anilines is 1. The van der Waals surface area contributed by atoms with Crippen LogP contribution in [0.4, 0.5) is 5.69 Å². The van der Waals surface area contributed by atoms with E-state index in [1.165, 1.54) is 5.56 Å². The summed E-state index contributed by atoms with van der Waals surface area (Å²) < 4.78 is 0. The van der Waals surface area contributed by atoms with Crippen LogP contribution in [-0.4, -0.2) is 20.9 Å². The average Bonchev–Trinajstić information content (AvgIpc) is 2.89. The Kier molecular flexibility index (Phi) is 2.95. The van der Waals surface area contributed by atoms with E-state index in [-0.39, 0.29) is 5.91 Å². The quantitative estimate of drug-likeness (QED) is 0.749. The van der Waals surface area contributed by atoms with Gasteiger partial charge < -0.3 is 10.3 Å². The van der Waals surface area contributed by atoms with Gasteiger partial charge in [-0.25, -0.2) is 9.97 Å². The number of amides is 1. The number of nitrogens with one attached hydrogen (secondary N) is 2. The first-order valence-corrected chi connectivity index (χ1v) is 6.31. The molecule has 0 bridgehead atoms. The summed E-state index contributed by atoms with van der Waals surface area (Å²) in [4.78, 5) is 23.4. The number of imidazole rings is 1. The number of benzene rings is 1. The molecule has 100 valence electrons. The Morgan fingerprint density at radius 2 is 2.00 bits per heavy atom. The van der Waals surface area contributed by atoms with Gasteiger partial charge in [0.1, 0.15) is 0 Å². The van der Waals surface area contributed by atoms with E-state index >= 15 is 0 Å². The summed E-state index contributed by atoms with van der Waals surface area (Å²) in [6.07, 6.45) is 3.18. The first-order chi connectivity index (χ1) is 9.63. The maximum absolute atomic E-state index is 12.2. The largest absolute Gasteiger partial charge is 0.343 e. The van der Waals surface area contributed by atoms with Gasteiger partial charge in [0.15, 0.2) is 5.65 Å². The fraction of sp³-hybridized carbons (Fsp3) is 0.133. The topological polar surface area (TPSA) is 70.7 Å². The van der Waals surface area contributed by atoms with Crippen molar-refractivity contribution in [2.75, 3.05) is 5.32 Å². The van der Waals surface area contributed by atoms with Crippen molar-refractivity contribution in [3.05, 3.63) is 53.5 Å². The van der Waals surface area contributed by atoms with E-state index in [1.807, 2.05) is 38.1 Å². The predicted molar refractivity (Wildman–Crippen MR) is 77.8 cm³/mol. The van der Waals surface area contributed by atoms with Crippen molar-refractivity contribution >= 4 is 22.8 Å². The van der Waals surface area contributed by atoms with E-state index in [2.05, 4.69) is 20.3 Å². The SMILES string of the molecule is Cc1ccc(C(=O)Nc2cnc3nc[nH]c3c2)cc1C. The molecule has 2 aromatic heterocycles. The Bertz CT molecular complexity index is 791. The van der Waals surface area contributed by atoms with Gasteiger partial charge in [-0.1, -0.05) is 6.07 Å². The molecular formula is C15H14N4O. The molecule has 5 heteroatoms. The van der Waals surface area contributed by atoms with Crippen LogP contribution < -0.4 is 5.32 Å². The monoisotopic (exact) mass is 266 g/mol. The first-order valence-electron chi connectivity index (χ1n) is 6.31. The highest BCUT2D eigenvalue weighted by Crippen LogP contribution is 2.15. The molecule has 0 saturated carbocycles. The van der Waals surface area contributed by atoms with E-state index in [9.17, 15) is 4.79 Å². The Balaban J connectivity index is 1.85. The lowest BCUT2D eigenvalue weighted by molar-refractivity contribution is 0.102. The molecule has 0 aliphatic carbocycles. The van der Waals surface area contributed by atoms with Gasteiger partial charge in [0, 0.05) is 5.56 Å². The maximum Gasteiger partial charge on any atom is 0.255 e. The molecule has 1 amide bonds. The molecule has 0 aliphatic heterocycles. The molecule has 0 saturated heterocycles. The highest BCUT2D eigenvalue weighted by atomic mass is 16.1. The van der Waals surface area contributed by atoms with Crippen LogP contribution in [0.2, 0.25) is 0 Å². The predicted octanol–water partition coefficient (Wildman–Crippen LogP) is 2.83. The highest BCUT2D eigenvalue weighted by Gasteiger charge is 2.08. The van der Waals surface area contributed by atoms with Crippen molar-refractivity contribution in [2.45, 2.75) is 13.8 Å². The lowest BCUT2D eigenvalue weighted by Gasteiger charge is -2.07. The fourth-order valence-electron chi connectivity index (χ4n) is 1.98. The number of aromatic nitrogens is 3. The smallest absolute Gasteiger partial charge is 0.255 e. The minimum atomic E-state index is -0.145. The molecule has 2 N–H and O–H groups in total. The minimum absolute atomic E-state index is 0.145. The van der Waals surface area contributed by atoms with Crippen LogP contribution >= 0.6 is 0 Å². The third-order valence-corrected chi connectivity index (χ3v) is 3.30. The van der Waals surface area contributed by atoms with Crippen LogP contribution in [0.1, 0.15) is 21.5 Å². The van der Waals surface area contributed by atoms with E-state index in [0.29, 0.717) is 16.9 Å². The Hall–Kier alpha value is -2.69. The molecule has 2 heterocycles. The number of hydrogen-bond acceptors (Lipinski definition) is 3. The molecule has 1 aromatic carbocycles.